The zero-order chi connectivity index (χ0) is 15.2. The summed E-state index contributed by atoms with van der Waals surface area (Å²) in [5.74, 6) is 0. The van der Waals surface area contributed by atoms with Crippen molar-refractivity contribution in [1.82, 2.24) is 0 Å². The van der Waals surface area contributed by atoms with Crippen molar-refractivity contribution >= 4 is 0 Å². The molecule has 1 nitrogen and oxygen atoms in total. The molecule has 0 fully saturated rings. The number of nitrogens with zero attached hydrogens (tertiary/aromatic N) is 1. The van der Waals surface area contributed by atoms with E-state index in [0.29, 0.717) is 0 Å². The second kappa shape index (κ2) is 15.0. The van der Waals surface area contributed by atoms with Gasteiger partial charge >= 0.3 is 0 Å². The summed E-state index contributed by atoms with van der Waals surface area (Å²) in [6.07, 6.45) is 21.1. The van der Waals surface area contributed by atoms with Crippen LogP contribution in [0.3, 0.4) is 0 Å². The van der Waals surface area contributed by atoms with Gasteiger partial charge < -0.3 is 4.70 Å². The zero-order valence-corrected chi connectivity index (χ0v) is 14.8. The first-order valence-corrected chi connectivity index (χ1v) is 9.34. The number of aromatic nitrogens is 1. The maximum atomic E-state index is 2.38. The number of rotatable bonds is 13. The molecule has 2 heteroatoms. The summed E-state index contributed by atoms with van der Waals surface area (Å²) in [5, 5.41) is 0. The van der Waals surface area contributed by atoms with Gasteiger partial charge in [-0.05, 0) is 25.3 Å². The van der Waals surface area contributed by atoms with Crippen LogP contribution in [0.4, 0.5) is 0 Å². The number of hydrogen-bond acceptors (Lipinski definition) is 0. The van der Waals surface area contributed by atoms with Crippen molar-refractivity contribution in [2.45, 2.75) is 97.4 Å². The fraction of sp³-hybridized carbons (Fsp3) is 0.750. The largest absolute Gasteiger partial charge is 1.00 e. The average Bonchev–Trinajstić information content (AvgIpc) is 2.52. The number of aryl methyl sites for hydroxylation is 2. The van der Waals surface area contributed by atoms with Crippen molar-refractivity contribution in [2.75, 3.05) is 0 Å². The lowest BCUT2D eigenvalue weighted by molar-refractivity contribution is -0.697. The second-order valence-corrected chi connectivity index (χ2v) is 6.38. The molecular weight excluding hydrogens is 273 g/mol. The van der Waals surface area contributed by atoms with E-state index in [1.807, 2.05) is 0 Å². The molecule has 0 unspecified atom stereocenters. The van der Waals surface area contributed by atoms with Gasteiger partial charge in [-0.25, -0.2) is 4.57 Å². The van der Waals surface area contributed by atoms with Crippen molar-refractivity contribution in [3.05, 3.63) is 30.1 Å². The van der Waals surface area contributed by atoms with Gasteiger partial charge in [0, 0.05) is 18.1 Å². The van der Waals surface area contributed by atoms with E-state index in [0.717, 1.165) is 0 Å². The number of unbranched alkanes of at least 4 members (excludes halogenated alkanes) is 9. The Morgan fingerprint density at radius 3 is 2.00 bits per heavy atom. The number of halogens is 1. The Bertz CT molecular complexity index is 351. The molecule has 128 valence electrons. The predicted octanol–water partition coefficient (Wildman–Crippen LogP) is 2.85. The van der Waals surface area contributed by atoms with Crippen molar-refractivity contribution < 1.29 is 9.27 Å². The molecular formula is C20H36FN. The van der Waals surface area contributed by atoms with Crippen LogP contribution < -0.4 is 9.27 Å². The van der Waals surface area contributed by atoms with E-state index >= 15 is 0 Å². The fourth-order valence-electron chi connectivity index (χ4n) is 2.85. The molecule has 1 aromatic heterocycles. The minimum absolute atomic E-state index is 0. The van der Waals surface area contributed by atoms with Crippen LogP contribution in [0, 0.1) is 0 Å². The minimum atomic E-state index is 0. The van der Waals surface area contributed by atoms with E-state index in [-0.39, 0.29) is 4.70 Å². The summed E-state index contributed by atoms with van der Waals surface area (Å²) in [6, 6.07) is 4.47. The Morgan fingerprint density at radius 1 is 0.773 bits per heavy atom. The Balaban J connectivity index is 0.00000441. The third-order valence-electron chi connectivity index (χ3n) is 4.26. The predicted molar refractivity (Wildman–Crippen MR) is 92.5 cm³/mol. The van der Waals surface area contributed by atoms with Crippen molar-refractivity contribution in [3.8, 4) is 0 Å². The Labute approximate surface area is 137 Å². The first-order valence-electron chi connectivity index (χ1n) is 9.34. The van der Waals surface area contributed by atoms with Crippen molar-refractivity contribution in [2.24, 2.45) is 0 Å². The maximum absolute atomic E-state index is 2.38. The van der Waals surface area contributed by atoms with Crippen molar-refractivity contribution in [3.63, 3.8) is 0 Å². The lowest BCUT2D eigenvalue weighted by atomic mass is 10.1. The topological polar surface area (TPSA) is 3.88 Å². The van der Waals surface area contributed by atoms with Crippen LogP contribution in [0.5, 0.6) is 0 Å². The van der Waals surface area contributed by atoms with Gasteiger partial charge in [-0.15, -0.1) is 0 Å². The maximum Gasteiger partial charge on any atom is 0.171 e. The Morgan fingerprint density at radius 2 is 1.36 bits per heavy atom. The Hall–Kier alpha value is -0.920. The summed E-state index contributed by atoms with van der Waals surface area (Å²) in [5.41, 5.74) is 1.50. The van der Waals surface area contributed by atoms with E-state index in [2.05, 4.69) is 42.9 Å². The molecule has 0 aliphatic carbocycles. The summed E-state index contributed by atoms with van der Waals surface area (Å²) < 4.78 is 2.38. The molecule has 0 aromatic carbocycles. The molecule has 1 rings (SSSR count). The first-order chi connectivity index (χ1) is 10.4. The monoisotopic (exact) mass is 309 g/mol. The van der Waals surface area contributed by atoms with Gasteiger partial charge in [0.1, 0.15) is 6.54 Å². The zero-order valence-electron chi connectivity index (χ0n) is 14.8. The van der Waals surface area contributed by atoms with Gasteiger partial charge in [-0.3, -0.25) is 0 Å². The molecule has 0 spiro atoms. The summed E-state index contributed by atoms with van der Waals surface area (Å²) in [6.45, 7) is 5.74. The third kappa shape index (κ3) is 10.8. The highest BCUT2D eigenvalue weighted by atomic mass is 19.0. The summed E-state index contributed by atoms with van der Waals surface area (Å²) >= 11 is 0. The summed E-state index contributed by atoms with van der Waals surface area (Å²) in [7, 11) is 0. The molecule has 1 aromatic rings. The molecule has 0 amide bonds. The molecule has 0 atom stereocenters. The Kier molecular flexibility index (Phi) is 14.4. The quantitative estimate of drug-likeness (QED) is 0.390. The SMILES string of the molecule is CCCCCCCCCCC[n+]1cccc(CCCC)c1.[F-]. The van der Waals surface area contributed by atoms with Gasteiger partial charge in [0.2, 0.25) is 0 Å². The molecule has 0 aliphatic heterocycles. The van der Waals surface area contributed by atoms with E-state index in [4.69, 9.17) is 0 Å². The fourth-order valence-corrected chi connectivity index (χ4v) is 2.85. The van der Waals surface area contributed by atoms with Crippen LogP contribution in [-0.4, -0.2) is 0 Å². The molecule has 0 radical (unpaired) electrons. The molecule has 0 saturated heterocycles. The summed E-state index contributed by atoms with van der Waals surface area (Å²) in [4.78, 5) is 0. The average molecular weight is 310 g/mol. The van der Waals surface area contributed by atoms with Gasteiger partial charge in [-0.1, -0.05) is 65.2 Å². The normalized spacial score (nSPS) is 10.5. The van der Waals surface area contributed by atoms with Gasteiger partial charge in [0.25, 0.3) is 0 Å². The van der Waals surface area contributed by atoms with E-state index in [1.165, 1.54) is 89.2 Å². The van der Waals surface area contributed by atoms with Crippen LogP contribution in [0.1, 0.15) is 90.0 Å². The molecule has 0 aliphatic rings. The molecule has 0 N–H and O–H groups in total. The molecule has 22 heavy (non-hydrogen) atoms. The molecule has 0 bridgehead atoms. The van der Waals surface area contributed by atoms with Gasteiger partial charge in [0.15, 0.2) is 12.4 Å². The van der Waals surface area contributed by atoms with Crippen LogP contribution in [0.25, 0.3) is 0 Å². The van der Waals surface area contributed by atoms with Crippen LogP contribution >= 0.6 is 0 Å². The lowest BCUT2D eigenvalue weighted by Gasteiger charge is -2.02. The van der Waals surface area contributed by atoms with E-state index < -0.39 is 0 Å². The number of hydrogen-bond donors (Lipinski definition) is 0. The lowest BCUT2D eigenvalue weighted by Crippen LogP contribution is -3.00. The highest BCUT2D eigenvalue weighted by molar-refractivity contribution is 5.05. The van der Waals surface area contributed by atoms with Crippen molar-refractivity contribution in [1.29, 1.82) is 0 Å². The van der Waals surface area contributed by atoms with E-state index in [1.54, 1.807) is 0 Å². The third-order valence-corrected chi connectivity index (χ3v) is 4.26. The second-order valence-electron chi connectivity index (χ2n) is 6.38. The molecule has 0 saturated carbocycles. The van der Waals surface area contributed by atoms with E-state index in [9.17, 15) is 0 Å². The first kappa shape index (κ1) is 21.1. The standard InChI is InChI=1S/C20H36N.FH/c1-3-5-7-8-9-10-11-12-13-17-21-18-14-16-20(19-21)15-6-4-2;/h14,16,18-19H,3-13,15,17H2,1-2H3;1H/q+1;/p-1. The minimum Gasteiger partial charge on any atom is -1.00 e. The highest BCUT2D eigenvalue weighted by Gasteiger charge is 2.02. The number of pyridine rings is 1. The van der Waals surface area contributed by atoms with Gasteiger partial charge in [-0.2, -0.15) is 0 Å². The van der Waals surface area contributed by atoms with Crippen LogP contribution in [0.15, 0.2) is 24.5 Å². The molecule has 1 heterocycles. The van der Waals surface area contributed by atoms with Crippen LogP contribution in [-0.2, 0) is 13.0 Å². The van der Waals surface area contributed by atoms with Crippen LogP contribution in [0.2, 0.25) is 0 Å². The smallest absolute Gasteiger partial charge is 0.171 e. The highest BCUT2D eigenvalue weighted by Crippen LogP contribution is 2.09. The van der Waals surface area contributed by atoms with Gasteiger partial charge in [0.05, 0.1) is 0 Å².